The Morgan fingerprint density at radius 3 is 2.56 bits per heavy atom. The van der Waals surface area contributed by atoms with Crippen LogP contribution in [0.15, 0.2) is 18.3 Å². The van der Waals surface area contributed by atoms with Gasteiger partial charge in [0.1, 0.15) is 5.78 Å². The highest BCUT2D eigenvalue weighted by Crippen LogP contribution is 2.29. The van der Waals surface area contributed by atoms with Crippen molar-refractivity contribution in [3.05, 3.63) is 29.6 Å². The van der Waals surface area contributed by atoms with Crippen molar-refractivity contribution in [2.45, 2.75) is 18.6 Å². The summed E-state index contributed by atoms with van der Waals surface area (Å²) in [6, 6.07) is 2.03. The first-order valence-corrected chi connectivity index (χ1v) is 4.75. The number of alkyl halides is 3. The zero-order valence-electron chi connectivity index (χ0n) is 8.21. The van der Waals surface area contributed by atoms with Gasteiger partial charge >= 0.3 is 6.18 Å². The summed E-state index contributed by atoms with van der Waals surface area (Å²) in [5.74, 6) is 0.0479. The van der Waals surface area contributed by atoms with Gasteiger partial charge in [0, 0.05) is 12.6 Å². The van der Waals surface area contributed by atoms with E-state index in [-0.39, 0.29) is 18.4 Å². The summed E-state index contributed by atoms with van der Waals surface area (Å²) in [5, 5.41) is 2.89. The summed E-state index contributed by atoms with van der Waals surface area (Å²) in [6.45, 7) is 0.257. The van der Waals surface area contributed by atoms with Crippen LogP contribution in [0.3, 0.4) is 0 Å². The van der Waals surface area contributed by atoms with Gasteiger partial charge in [0.25, 0.3) is 0 Å². The normalized spacial score (nSPS) is 21.4. The van der Waals surface area contributed by atoms with E-state index in [1.54, 1.807) is 0 Å². The molecule has 1 saturated heterocycles. The smallest absolute Gasteiger partial charge is 0.301 e. The van der Waals surface area contributed by atoms with Gasteiger partial charge < -0.3 is 5.32 Å². The Morgan fingerprint density at radius 2 is 2.12 bits per heavy atom. The van der Waals surface area contributed by atoms with E-state index in [0.717, 1.165) is 12.3 Å². The van der Waals surface area contributed by atoms with Gasteiger partial charge in [0.2, 0.25) is 0 Å². The highest BCUT2D eigenvalue weighted by atomic mass is 19.4. The summed E-state index contributed by atoms with van der Waals surface area (Å²) in [5.41, 5.74) is -0.306. The number of nitrogens with zero attached hydrogens (tertiary/aromatic N) is 1. The lowest BCUT2D eigenvalue weighted by Gasteiger charge is -2.10. The van der Waals surface area contributed by atoms with Crippen molar-refractivity contribution < 1.29 is 18.0 Å². The Hall–Kier alpha value is -1.43. The molecule has 0 aromatic carbocycles. The minimum atomic E-state index is -4.37. The quantitative estimate of drug-likeness (QED) is 0.798. The molecule has 1 fully saturated rings. The SMILES string of the molecule is O=C1CNC(c2ccc(C(F)(F)F)cn2)C1. The van der Waals surface area contributed by atoms with Crippen molar-refractivity contribution in [3.63, 3.8) is 0 Å². The number of rotatable bonds is 1. The van der Waals surface area contributed by atoms with Gasteiger partial charge in [-0.3, -0.25) is 9.78 Å². The van der Waals surface area contributed by atoms with Crippen LogP contribution in [0, 0.1) is 0 Å². The first kappa shape index (κ1) is 11.1. The third-order valence-corrected chi connectivity index (χ3v) is 2.45. The van der Waals surface area contributed by atoms with Crippen LogP contribution < -0.4 is 5.32 Å². The molecule has 1 N–H and O–H groups in total. The minimum Gasteiger partial charge on any atom is -0.301 e. The lowest BCUT2D eigenvalue weighted by Crippen LogP contribution is -2.15. The number of hydrogen-bond acceptors (Lipinski definition) is 3. The van der Waals surface area contributed by atoms with E-state index in [1.165, 1.54) is 6.07 Å². The van der Waals surface area contributed by atoms with Crippen LogP contribution in [0.2, 0.25) is 0 Å². The van der Waals surface area contributed by atoms with Crippen molar-refractivity contribution in [2.75, 3.05) is 6.54 Å². The molecule has 1 aromatic rings. The van der Waals surface area contributed by atoms with Crippen LogP contribution in [-0.2, 0) is 11.0 Å². The van der Waals surface area contributed by atoms with Crippen LogP contribution in [0.5, 0.6) is 0 Å². The van der Waals surface area contributed by atoms with E-state index in [0.29, 0.717) is 12.1 Å². The number of halogens is 3. The fourth-order valence-electron chi connectivity index (χ4n) is 1.60. The van der Waals surface area contributed by atoms with Crippen LogP contribution >= 0.6 is 0 Å². The number of carbonyl (C=O) groups excluding carboxylic acids is 1. The number of pyridine rings is 1. The fraction of sp³-hybridized carbons (Fsp3) is 0.400. The van der Waals surface area contributed by atoms with Crippen molar-refractivity contribution >= 4 is 5.78 Å². The molecule has 0 aliphatic carbocycles. The van der Waals surface area contributed by atoms with E-state index in [1.807, 2.05) is 0 Å². The van der Waals surface area contributed by atoms with Crippen molar-refractivity contribution in [2.24, 2.45) is 0 Å². The molecule has 3 nitrogen and oxygen atoms in total. The number of aromatic nitrogens is 1. The highest BCUT2D eigenvalue weighted by molar-refractivity contribution is 5.83. The number of ketones is 1. The molecule has 1 atom stereocenters. The maximum Gasteiger partial charge on any atom is 0.417 e. The molecule has 6 heteroatoms. The molecular formula is C10H9F3N2O. The van der Waals surface area contributed by atoms with Crippen molar-refractivity contribution in [3.8, 4) is 0 Å². The Morgan fingerprint density at radius 1 is 1.38 bits per heavy atom. The van der Waals surface area contributed by atoms with E-state index >= 15 is 0 Å². The molecule has 0 amide bonds. The number of Topliss-reactive ketones (excluding diaryl/α,β-unsaturated/α-hetero) is 1. The number of hydrogen-bond donors (Lipinski definition) is 1. The molecule has 0 saturated carbocycles. The molecule has 1 aliphatic rings. The Balaban J connectivity index is 2.17. The maximum atomic E-state index is 12.2. The van der Waals surface area contributed by atoms with Crippen LogP contribution in [0.4, 0.5) is 13.2 Å². The first-order chi connectivity index (χ1) is 7.47. The summed E-state index contributed by atoms with van der Waals surface area (Å²) in [6.07, 6.45) is -3.29. The molecule has 1 unspecified atom stereocenters. The molecule has 0 radical (unpaired) electrons. The van der Waals surface area contributed by atoms with Crippen LogP contribution in [0.25, 0.3) is 0 Å². The molecule has 0 spiro atoms. The van der Waals surface area contributed by atoms with Gasteiger partial charge in [-0.1, -0.05) is 0 Å². The Kier molecular flexibility index (Phi) is 2.67. The molecule has 2 rings (SSSR count). The first-order valence-electron chi connectivity index (χ1n) is 4.75. The lowest BCUT2D eigenvalue weighted by molar-refractivity contribution is -0.137. The van der Waals surface area contributed by atoms with Crippen molar-refractivity contribution in [1.29, 1.82) is 0 Å². The van der Waals surface area contributed by atoms with Gasteiger partial charge in [-0.05, 0) is 12.1 Å². The van der Waals surface area contributed by atoms with Crippen molar-refractivity contribution in [1.82, 2.24) is 10.3 Å². The molecular weight excluding hydrogens is 221 g/mol. The van der Waals surface area contributed by atoms with Gasteiger partial charge in [-0.25, -0.2) is 0 Å². The van der Waals surface area contributed by atoms with E-state index in [9.17, 15) is 18.0 Å². The highest BCUT2D eigenvalue weighted by Gasteiger charge is 2.31. The molecule has 1 aromatic heterocycles. The Bertz CT molecular complexity index is 400. The average Bonchev–Trinajstić information content (AvgIpc) is 2.64. The van der Waals surface area contributed by atoms with Gasteiger partial charge in [-0.15, -0.1) is 0 Å². The van der Waals surface area contributed by atoms with E-state index in [2.05, 4.69) is 10.3 Å². The standard InChI is InChI=1S/C10H9F3N2O/c11-10(12,13)6-1-2-8(14-4-6)9-3-7(16)5-15-9/h1-2,4,9,15H,3,5H2. The van der Waals surface area contributed by atoms with Gasteiger partial charge in [0.15, 0.2) is 0 Å². The summed E-state index contributed by atoms with van der Waals surface area (Å²) in [4.78, 5) is 14.7. The zero-order chi connectivity index (χ0) is 11.8. The second-order valence-corrected chi connectivity index (χ2v) is 3.65. The average molecular weight is 230 g/mol. The maximum absolute atomic E-state index is 12.2. The summed E-state index contributed by atoms with van der Waals surface area (Å²) >= 11 is 0. The fourth-order valence-corrected chi connectivity index (χ4v) is 1.60. The second kappa shape index (κ2) is 3.86. The Labute approximate surface area is 89.7 Å². The molecule has 0 bridgehead atoms. The van der Waals surface area contributed by atoms with E-state index in [4.69, 9.17) is 0 Å². The molecule has 16 heavy (non-hydrogen) atoms. The third-order valence-electron chi connectivity index (χ3n) is 2.45. The lowest BCUT2D eigenvalue weighted by atomic mass is 10.1. The van der Waals surface area contributed by atoms with Gasteiger partial charge in [0.05, 0.1) is 23.8 Å². The summed E-state index contributed by atoms with van der Waals surface area (Å²) in [7, 11) is 0. The summed E-state index contributed by atoms with van der Waals surface area (Å²) < 4.78 is 36.7. The molecule has 1 aliphatic heterocycles. The minimum absolute atomic E-state index is 0.0479. The number of carbonyl (C=O) groups is 1. The predicted molar refractivity (Wildman–Crippen MR) is 49.6 cm³/mol. The zero-order valence-corrected chi connectivity index (χ0v) is 8.21. The topological polar surface area (TPSA) is 42.0 Å². The van der Waals surface area contributed by atoms with Gasteiger partial charge in [-0.2, -0.15) is 13.2 Å². The monoisotopic (exact) mass is 230 g/mol. The second-order valence-electron chi connectivity index (χ2n) is 3.65. The molecule has 2 heterocycles. The van der Waals surface area contributed by atoms with Crippen LogP contribution in [0.1, 0.15) is 23.7 Å². The molecule has 86 valence electrons. The van der Waals surface area contributed by atoms with E-state index < -0.39 is 11.7 Å². The predicted octanol–water partition coefficient (Wildman–Crippen LogP) is 1.70. The number of nitrogens with one attached hydrogen (secondary N) is 1. The third kappa shape index (κ3) is 2.21. The largest absolute Gasteiger partial charge is 0.417 e. The van der Waals surface area contributed by atoms with Crippen LogP contribution in [-0.4, -0.2) is 17.3 Å².